The SMILES string of the molecule is c1ccc(N/N=C2/Cc3ccc(COC4Cc5ccccc5C4)cc3C2)cc1. The number of nitrogens with zero attached hydrogens (tertiary/aromatic N) is 1. The molecule has 0 atom stereocenters. The lowest BCUT2D eigenvalue weighted by molar-refractivity contribution is 0.0479. The molecule has 0 radical (unpaired) electrons. The van der Waals surface area contributed by atoms with Gasteiger partial charge in [0.15, 0.2) is 0 Å². The highest BCUT2D eigenvalue weighted by Crippen LogP contribution is 2.26. The van der Waals surface area contributed by atoms with Gasteiger partial charge >= 0.3 is 0 Å². The molecule has 0 heterocycles. The van der Waals surface area contributed by atoms with E-state index in [1.54, 1.807) is 0 Å². The number of hydrogen-bond donors (Lipinski definition) is 1. The third kappa shape index (κ3) is 3.71. The smallest absolute Gasteiger partial charge is 0.0721 e. The number of rotatable bonds is 5. The molecule has 0 aliphatic heterocycles. The van der Waals surface area contributed by atoms with E-state index in [9.17, 15) is 0 Å². The van der Waals surface area contributed by atoms with Crippen LogP contribution in [-0.2, 0) is 37.0 Å². The lowest BCUT2D eigenvalue weighted by Crippen LogP contribution is -2.12. The topological polar surface area (TPSA) is 33.6 Å². The Balaban J connectivity index is 1.19. The number of para-hydroxylation sites is 1. The number of nitrogens with one attached hydrogen (secondary N) is 1. The van der Waals surface area contributed by atoms with Crippen LogP contribution in [0.5, 0.6) is 0 Å². The molecule has 2 aliphatic carbocycles. The van der Waals surface area contributed by atoms with E-state index in [4.69, 9.17) is 4.74 Å². The standard InChI is InChI=1S/C25H24N2O/c1-2-8-23(9-3-1)26-27-24-13-21-11-10-18(12-22(21)14-24)17-28-25-15-19-6-4-5-7-20(19)16-25/h1-12,25-26H,13-17H2/b27-24-. The Morgan fingerprint density at radius 3 is 2.29 bits per heavy atom. The predicted molar refractivity (Wildman–Crippen MR) is 114 cm³/mol. The fourth-order valence-electron chi connectivity index (χ4n) is 4.19. The van der Waals surface area contributed by atoms with Gasteiger partial charge in [-0.15, -0.1) is 0 Å². The van der Waals surface area contributed by atoms with E-state index in [0.29, 0.717) is 12.7 Å². The van der Waals surface area contributed by atoms with Crippen LogP contribution in [-0.4, -0.2) is 11.8 Å². The quantitative estimate of drug-likeness (QED) is 0.647. The van der Waals surface area contributed by atoms with Crippen molar-refractivity contribution in [3.8, 4) is 0 Å². The van der Waals surface area contributed by atoms with Crippen LogP contribution in [0.2, 0.25) is 0 Å². The first kappa shape index (κ1) is 17.2. The minimum Gasteiger partial charge on any atom is -0.373 e. The first-order chi connectivity index (χ1) is 13.8. The zero-order chi connectivity index (χ0) is 18.8. The van der Waals surface area contributed by atoms with Crippen LogP contribution in [0.25, 0.3) is 0 Å². The molecule has 0 unspecified atom stereocenters. The largest absolute Gasteiger partial charge is 0.373 e. The summed E-state index contributed by atoms with van der Waals surface area (Å²) in [5, 5.41) is 4.61. The molecule has 0 saturated heterocycles. The molecule has 3 nitrogen and oxygen atoms in total. The van der Waals surface area contributed by atoms with Crippen LogP contribution in [0.3, 0.4) is 0 Å². The number of hydrogen-bond acceptors (Lipinski definition) is 3. The molecule has 0 amide bonds. The maximum Gasteiger partial charge on any atom is 0.0721 e. The highest BCUT2D eigenvalue weighted by atomic mass is 16.5. The molecule has 0 spiro atoms. The highest BCUT2D eigenvalue weighted by Gasteiger charge is 2.22. The molecule has 0 bridgehead atoms. The molecule has 140 valence electrons. The van der Waals surface area contributed by atoms with Crippen molar-refractivity contribution in [3.63, 3.8) is 0 Å². The van der Waals surface area contributed by atoms with Crippen LogP contribution >= 0.6 is 0 Å². The summed E-state index contributed by atoms with van der Waals surface area (Å²) in [4.78, 5) is 0. The third-order valence-corrected chi connectivity index (χ3v) is 5.68. The monoisotopic (exact) mass is 368 g/mol. The number of benzene rings is 3. The molecule has 2 aliphatic rings. The number of fused-ring (bicyclic) bond motifs is 2. The Hall–Kier alpha value is -2.91. The second-order valence-corrected chi connectivity index (χ2v) is 7.72. The van der Waals surface area contributed by atoms with Gasteiger partial charge in [-0.3, -0.25) is 5.43 Å². The van der Waals surface area contributed by atoms with Gasteiger partial charge in [-0.25, -0.2) is 0 Å². The Labute approximate surface area is 166 Å². The van der Waals surface area contributed by atoms with Crippen LogP contribution in [0.4, 0.5) is 5.69 Å². The van der Waals surface area contributed by atoms with Crippen molar-refractivity contribution >= 4 is 11.4 Å². The van der Waals surface area contributed by atoms with Crippen molar-refractivity contribution in [2.75, 3.05) is 5.43 Å². The predicted octanol–water partition coefficient (Wildman–Crippen LogP) is 4.94. The fourth-order valence-corrected chi connectivity index (χ4v) is 4.19. The van der Waals surface area contributed by atoms with Crippen molar-refractivity contribution in [2.24, 2.45) is 5.10 Å². The Kier molecular flexibility index (Phi) is 4.67. The molecular weight excluding hydrogens is 344 g/mol. The summed E-state index contributed by atoms with van der Waals surface area (Å²) in [6, 6.07) is 25.5. The number of hydrazone groups is 1. The van der Waals surface area contributed by atoms with Crippen molar-refractivity contribution in [2.45, 2.75) is 38.4 Å². The van der Waals surface area contributed by atoms with Gasteiger partial charge < -0.3 is 4.74 Å². The van der Waals surface area contributed by atoms with Crippen molar-refractivity contribution < 1.29 is 4.74 Å². The lowest BCUT2D eigenvalue weighted by Gasteiger charge is -2.12. The summed E-state index contributed by atoms with van der Waals surface area (Å²) in [7, 11) is 0. The maximum absolute atomic E-state index is 6.22. The summed E-state index contributed by atoms with van der Waals surface area (Å²) < 4.78 is 6.22. The lowest BCUT2D eigenvalue weighted by atomic mass is 10.1. The molecule has 0 saturated carbocycles. The normalized spacial score (nSPS) is 16.9. The molecule has 5 rings (SSSR count). The molecule has 3 heteroatoms. The molecule has 3 aromatic rings. The van der Waals surface area contributed by atoms with Gasteiger partial charge in [-0.2, -0.15) is 5.10 Å². The highest BCUT2D eigenvalue weighted by molar-refractivity contribution is 5.93. The molecule has 0 fully saturated rings. The minimum absolute atomic E-state index is 0.304. The molecule has 0 aromatic heterocycles. The van der Waals surface area contributed by atoms with E-state index in [0.717, 1.165) is 31.4 Å². The van der Waals surface area contributed by atoms with Crippen LogP contribution in [0.1, 0.15) is 27.8 Å². The van der Waals surface area contributed by atoms with Gasteiger partial charge in [0.2, 0.25) is 0 Å². The first-order valence-electron chi connectivity index (χ1n) is 9.99. The first-order valence-corrected chi connectivity index (χ1v) is 9.99. The van der Waals surface area contributed by atoms with E-state index in [1.165, 1.54) is 33.5 Å². The summed E-state index contributed by atoms with van der Waals surface area (Å²) >= 11 is 0. The molecule has 1 N–H and O–H groups in total. The van der Waals surface area contributed by atoms with Gasteiger partial charge in [-0.1, -0.05) is 60.7 Å². The van der Waals surface area contributed by atoms with Crippen LogP contribution in [0.15, 0.2) is 77.9 Å². The van der Waals surface area contributed by atoms with E-state index >= 15 is 0 Å². The van der Waals surface area contributed by atoms with Crippen LogP contribution < -0.4 is 5.43 Å². The van der Waals surface area contributed by atoms with Crippen molar-refractivity contribution in [1.29, 1.82) is 0 Å². The maximum atomic E-state index is 6.22. The van der Waals surface area contributed by atoms with E-state index in [-0.39, 0.29) is 0 Å². The fraction of sp³-hybridized carbons (Fsp3) is 0.240. The van der Waals surface area contributed by atoms with E-state index < -0.39 is 0 Å². The van der Waals surface area contributed by atoms with Crippen LogP contribution in [0, 0.1) is 0 Å². The van der Waals surface area contributed by atoms with Crippen molar-refractivity contribution in [3.05, 3.63) is 101 Å². The van der Waals surface area contributed by atoms with E-state index in [1.807, 2.05) is 30.3 Å². The summed E-state index contributed by atoms with van der Waals surface area (Å²) in [6.07, 6.45) is 4.20. The van der Waals surface area contributed by atoms with Gasteiger partial charge in [0.25, 0.3) is 0 Å². The summed E-state index contributed by atoms with van der Waals surface area (Å²) in [5.41, 5.74) is 12.3. The average Bonchev–Trinajstić information content (AvgIpc) is 3.34. The zero-order valence-corrected chi connectivity index (χ0v) is 15.9. The minimum atomic E-state index is 0.304. The second-order valence-electron chi connectivity index (χ2n) is 7.72. The van der Waals surface area contributed by atoms with Gasteiger partial charge in [0.05, 0.1) is 18.4 Å². The molecule has 3 aromatic carbocycles. The van der Waals surface area contributed by atoms with E-state index in [2.05, 4.69) is 53.0 Å². The second kappa shape index (κ2) is 7.61. The van der Waals surface area contributed by atoms with Gasteiger partial charge in [0.1, 0.15) is 0 Å². The van der Waals surface area contributed by atoms with Gasteiger partial charge in [0, 0.05) is 18.6 Å². The number of anilines is 1. The zero-order valence-electron chi connectivity index (χ0n) is 15.9. The molecular formula is C25H24N2O. The average molecular weight is 368 g/mol. The third-order valence-electron chi connectivity index (χ3n) is 5.68. The molecule has 28 heavy (non-hydrogen) atoms. The Bertz CT molecular complexity index is 985. The Morgan fingerprint density at radius 2 is 1.50 bits per heavy atom. The summed E-state index contributed by atoms with van der Waals surface area (Å²) in [6.45, 7) is 0.681. The Morgan fingerprint density at radius 1 is 0.786 bits per heavy atom. The summed E-state index contributed by atoms with van der Waals surface area (Å²) in [5.74, 6) is 0. The van der Waals surface area contributed by atoms with Crippen molar-refractivity contribution in [1.82, 2.24) is 0 Å². The number of ether oxygens (including phenoxy) is 1. The van der Waals surface area contributed by atoms with Gasteiger partial charge in [-0.05, 0) is 52.8 Å².